The van der Waals surface area contributed by atoms with E-state index < -0.39 is 6.03 Å². The van der Waals surface area contributed by atoms with E-state index in [0.717, 1.165) is 11.3 Å². The second-order valence-electron chi connectivity index (χ2n) is 5.73. The van der Waals surface area contributed by atoms with Crippen LogP contribution in [0, 0.1) is 5.82 Å². The molecule has 0 spiro atoms. The van der Waals surface area contributed by atoms with E-state index in [9.17, 15) is 14.0 Å². The van der Waals surface area contributed by atoms with Gasteiger partial charge in [-0.05, 0) is 42.3 Å². The van der Waals surface area contributed by atoms with E-state index in [1.807, 2.05) is 12.1 Å². The van der Waals surface area contributed by atoms with Gasteiger partial charge >= 0.3 is 6.03 Å². The van der Waals surface area contributed by atoms with Crippen LogP contribution in [0.2, 0.25) is 0 Å². The molecule has 0 fully saturated rings. The maximum absolute atomic E-state index is 13.2. The van der Waals surface area contributed by atoms with Crippen LogP contribution < -0.4 is 20.7 Å². The van der Waals surface area contributed by atoms with Crippen LogP contribution in [0.1, 0.15) is 24.1 Å². The van der Waals surface area contributed by atoms with Crippen LogP contribution in [0.25, 0.3) is 0 Å². The lowest BCUT2D eigenvalue weighted by molar-refractivity contribution is -0.120. The zero-order chi connectivity index (χ0) is 18.9. The summed E-state index contributed by atoms with van der Waals surface area (Å²) in [5.41, 5.74) is 1.56. The molecule has 2 rings (SSSR count). The molecule has 0 aliphatic rings. The molecule has 0 saturated carbocycles. The van der Waals surface area contributed by atoms with Gasteiger partial charge in [0.25, 0.3) is 0 Å². The summed E-state index contributed by atoms with van der Waals surface area (Å²) in [5, 5.41) is 7.84. The fourth-order valence-electron chi connectivity index (χ4n) is 2.27. The molecule has 6 nitrogen and oxygen atoms in total. The number of urea groups is 1. The number of benzene rings is 2. The van der Waals surface area contributed by atoms with E-state index in [-0.39, 0.29) is 24.3 Å². The number of carbonyl (C=O) groups excluding carboxylic acids is 2. The van der Waals surface area contributed by atoms with Gasteiger partial charge in [0, 0.05) is 6.54 Å². The lowest BCUT2D eigenvalue weighted by atomic mass is 10.1. The molecule has 0 aromatic heterocycles. The van der Waals surface area contributed by atoms with Gasteiger partial charge in [-0.2, -0.15) is 0 Å². The number of methoxy groups -OCH3 is 1. The molecule has 26 heavy (non-hydrogen) atoms. The largest absolute Gasteiger partial charge is 0.497 e. The number of rotatable bonds is 7. The zero-order valence-electron chi connectivity index (χ0n) is 14.7. The standard InChI is InChI=1S/C19H22FN3O3/c1-13(15-4-3-5-16(20)10-15)23-19(25)22-12-18(24)21-11-14-6-8-17(26-2)9-7-14/h3-10,13H,11-12H2,1-2H3,(H,21,24)(H2,22,23,25). The second kappa shape index (κ2) is 9.41. The monoisotopic (exact) mass is 359 g/mol. The van der Waals surface area contributed by atoms with Crippen LogP contribution in [-0.2, 0) is 11.3 Å². The van der Waals surface area contributed by atoms with E-state index in [2.05, 4.69) is 16.0 Å². The minimum absolute atomic E-state index is 0.155. The Morgan fingerprint density at radius 3 is 2.50 bits per heavy atom. The molecule has 0 heterocycles. The SMILES string of the molecule is COc1ccc(CNC(=O)CNC(=O)NC(C)c2cccc(F)c2)cc1. The Bertz CT molecular complexity index is 750. The number of carbonyl (C=O) groups is 2. The predicted octanol–water partition coefficient (Wildman–Crippen LogP) is 2.51. The Balaban J connectivity index is 1.71. The van der Waals surface area contributed by atoms with Crippen LogP contribution in [0.4, 0.5) is 9.18 Å². The Morgan fingerprint density at radius 1 is 1.12 bits per heavy atom. The van der Waals surface area contributed by atoms with Gasteiger partial charge < -0.3 is 20.7 Å². The maximum Gasteiger partial charge on any atom is 0.315 e. The van der Waals surface area contributed by atoms with Gasteiger partial charge in [0.05, 0.1) is 19.7 Å². The van der Waals surface area contributed by atoms with Crippen molar-refractivity contribution in [1.82, 2.24) is 16.0 Å². The van der Waals surface area contributed by atoms with Crippen LogP contribution in [-0.4, -0.2) is 25.6 Å². The quantitative estimate of drug-likeness (QED) is 0.711. The smallest absolute Gasteiger partial charge is 0.315 e. The van der Waals surface area contributed by atoms with Gasteiger partial charge in [0.2, 0.25) is 5.91 Å². The van der Waals surface area contributed by atoms with Gasteiger partial charge in [-0.25, -0.2) is 9.18 Å². The van der Waals surface area contributed by atoms with E-state index >= 15 is 0 Å². The third-order valence-electron chi connectivity index (χ3n) is 3.75. The van der Waals surface area contributed by atoms with Crippen molar-refractivity contribution in [3.8, 4) is 5.75 Å². The highest BCUT2D eigenvalue weighted by Gasteiger charge is 2.11. The summed E-state index contributed by atoms with van der Waals surface area (Å²) < 4.78 is 18.3. The van der Waals surface area contributed by atoms with Crippen LogP contribution in [0.5, 0.6) is 5.75 Å². The number of hydrogen-bond donors (Lipinski definition) is 3. The molecule has 2 aromatic rings. The van der Waals surface area contributed by atoms with Gasteiger partial charge in [0.1, 0.15) is 11.6 Å². The van der Waals surface area contributed by atoms with Crippen molar-refractivity contribution in [3.05, 3.63) is 65.5 Å². The van der Waals surface area contributed by atoms with E-state index in [4.69, 9.17) is 4.74 Å². The fourth-order valence-corrected chi connectivity index (χ4v) is 2.27. The zero-order valence-corrected chi connectivity index (χ0v) is 14.7. The highest BCUT2D eigenvalue weighted by molar-refractivity contribution is 5.84. The van der Waals surface area contributed by atoms with Crippen molar-refractivity contribution in [2.45, 2.75) is 19.5 Å². The molecular formula is C19H22FN3O3. The van der Waals surface area contributed by atoms with Crippen molar-refractivity contribution < 1.29 is 18.7 Å². The molecule has 3 amide bonds. The number of hydrogen-bond acceptors (Lipinski definition) is 3. The number of amides is 3. The summed E-state index contributed by atoms with van der Waals surface area (Å²) in [7, 11) is 1.59. The summed E-state index contributed by atoms with van der Waals surface area (Å²) in [6.07, 6.45) is 0. The molecule has 2 aromatic carbocycles. The minimum atomic E-state index is -0.499. The summed E-state index contributed by atoms with van der Waals surface area (Å²) in [5.74, 6) is 0.0645. The van der Waals surface area contributed by atoms with Crippen molar-refractivity contribution in [3.63, 3.8) is 0 Å². The first kappa shape index (κ1) is 19.2. The molecular weight excluding hydrogens is 337 g/mol. The van der Waals surface area contributed by atoms with E-state index in [1.54, 1.807) is 38.3 Å². The third kappa shape index (κ3) is 6.08. The van der Waals surface area contributed by atoms with Crippen LogP contribution >= 0.6 is 0 Å². The molecule has 0 aliphatic carbocycles. The third-order valence-corrected chi connectivity index (χ3v) is 3.75. The first-order valence-electron chi connectivity index (χ1n) is 8.17. The lowest BCUT2D eigenvalue weighted by Gasteiger charge is -2.15. The van der Waals surface area contributed by atoms with Crippen molar-refractivity contribution in [1.29, 1.82) is 0 Å². The second-order valence-corrected chi connectivity index (χ2v) is 5.73. The first-order valence-corrected chi connectivity index (χ1v) is 8.17. The van der Waals surface area contributed by atoms with Crippen molar-refractivity contribution >= 4 is 11.9 Å². The maximum atomic E-state index is 13.2. The molecule has 1 unspecified atom stereocenters. The van der Waals surface area contributed by atoms with Crippen molar-refractivity contribution in [2.24, 2.45) is 0 Å². The lowest BCUT2D eigenvalue weighted by Crippen LogP contribution is -2.42. The molecule has 0 saturated heterocycles. The molecule has 7 heteroatoms. The predicted molar refractivity (Wildman–Crippen MR) is 96.2 cm³/mol. The topological polar surface area (TPSA) is 79.5 Å². The average molecular weight is 359 g/mol. The summed E-state index contributed by atoms with van der Waals surface area (Å²) in [4.78, 5) is 23.7. The summed E-state index contributed by atoms with van der Waals surface area (Å²) >= 11 is 0. The van der Waals surface area contributed by atoms with Crippen LogP contribution in [0.15, 0.2) is 48.5 Å². The minimum Gasteiger partial charge on any atom is -0.497 e. The Labute approximate surface area is 151 Å². The van der Waals surface area contributed by atoms with Crippen molar-refractivity contribution in [2.75, 3.05) is 13.7 Å². The van der Waals surface area contributed by atoms with Gasteiger partial charge in [-0.15, -0.1) is 0 Å². The van der Waals surface area contributed by atoms with Gasteiger partial charge in [0.15, 0.2) is 0 Å². The number of ether oxygens (including phenoxy) is 1. The Hall–Kier alpha value is -3.09. The molecule has 1 atom stereocenters. The fraction of sp³-hybridized carbons (Fsp3) is 0.263. The number of nitrogens with one attached hydrogen (secondary N) is 3. The van der Waals surface area contributed by atoms with Crippen LogP contribution in [0.3, 0.4) is 0 Å². The Kier molecular flexibility index (Phi) is 6.96. The average Bonchev–Trinajstić information content (AvgIpc) is 2.65. The summed E-state index contributed by atoms with van der Waals surface area (Å²) in [6.45, 7) is 1.93. The highest BCUT2D eigenvalue weighted by atomic mass is 19.1. The van der Waals surface area contributed by atoms with Gasteiger partial charge in [-0.3, -0.25) is 4.79 Å². The molecule has 138 valence electrons. The molecule has 0 radical (unpaired) electrons. The van der Waals surface area contributed by atoms with Gasteiger partial charge in [-0.1, -0.05) is 24.3 Å². The molecule has 3 N–H and O–H groups in total. The van der Waals surface area contributed by atoms with E-state index in [1.165, 1.54) is 12.1 Å². The van der Waals surface area contributed by atoms with E-state index in [0.29, 0.717) is 12.1 Å². The Morgan fingerprint density at radius 2 is 1.85 bits per heavy atom. The molecule has 0 bridgehead atoms. The normalized spacial score (nSPS) is 11.3. The highest BCUT2D eigenvalue weighted by Crippen LogP contribution is 2.13. The number of halogens is 1. The summed E-state index contributed by atoms with van der Waals surface area (Å²) in [6, 6.07) is 12.4. The first-order chi connectivity index (χ1) is 12.5. The molecule has 0 aliphatic heterocycles.